The number of aliphatic hydroxyl groups is 1. The first-order chi connectivity index (χ1) is 29.7. The van der Waals surface area contributed by atoms with Crippen molar-refractivity contribution in [1.29, 1.82) is 0 Å². The smallest absolute Gasteiger partial charge is 0.329 e. The van der Waals surface area contributed by atoms with Gasteiger partial charge in [-0.2, -0.15) is 0 Å². The lowest BCUT2D eigenvalue weighted by Crippen LogP contribution is -2.61. The fourth-order valence-corrected chi connectivity index (χ4v) is 8.10. The summed E-state index contributed by atoms with van der Waals surface area (Å²) >= 11 is 0. The topological polar surface area (TPSA) is 209 Å². The second kappa shape index (κ2) is 22.8. The van der Waals surface area contributed by atoms with Gasteiger partial charge in [0.15, 0.2) is 11.6 Å². The maximum absolute atomic E-state index is 14.8. The Balaban J connectivity index is 1.86. The zero-order valence-electron chi connectivity index (χ0n) is 38.2. The Morgan fingerprint density at radius 2 is 1.38 bits per heavy atom. The van der Waals surface area contributed by atoms with Crippen molar-refractivity contribution in [2.45, 2.75) is 143 Å². The number of ether oxygens (including phenoxy) is 1. The number of likely N-dealkylation sites (N-methyl/N-ethyl adjacent to an activating group) is 1. The molecule has 0 unspecified atom stereocenters. The second-order valence-corrected chi connectivity index (χ2v) is 18.3. The number of piperidine rings is 1. The number of amides is 5. The third kappa shape index (κ3) is 13.5. The number of ketones is 2. The minimum Gasteiger partial charge on any atom is -0.460 e. The van der Waals surface area contributed by atoms with E-state index in [0.717, 1.165) is 4.90 Å². The lowest BCUT2D eigenvalue weighted by atomic mass is 9.86. The van der Waals surface area contributed by atoms with E-state index in [-0.39, 0.29) is 50.4 Å². The molecule has 2 bridgehead atoms. The SMILES string of the molecule is CC(C)C[C@H]1C(=O)N(C)[C@@H](Cc2ccccc2)C(=O)N[C@@H](C(C)C)C(=O)O[C@H](C)[C@H](CC(=O)[C@H](C)NC(=O)C(C)C)C(=O)N[C@@H](Cc2ccccc2)C(=O)C[C@H]2CC[C@@H](O)N1C2=O. The maximum atomic E-state index is 14.8. The van der Waals surface area contributed by atoms with E-state index in [4.69, 9.17) is 4.74 Å². The number of nitrogens with one attached hydrogen (secondary N) is 3. The van der Waals surface area contributed by atoms with Crippen LogP contribution in [-0.2, 0) is 55.9 Å². The van der Waals surface area contributed by atoms with Gasteiger partial charge in [-0.3, -0.25) is 33.6 Å². The van der Waals surface area contributed by atoms with Crippen molar-refractivity contribution in [1.82, 2.24) is 25.8 Å². The summed E-state index contributed by atoms with van der Waals surface area (Å²) in [5, 5.41) is 19.7. The summed E-state index contributed by atoms with van der Waals surface area (Å²) < 4.78 is 5.95. The number of esters is 1. The number of benzene rings is 2. The van der Waals surface area contributed by atoms with Crippen LogP contribution in [0.5, 0.6) is 0 Å². The molecule has 5 amide bonds. The van der Waals surface area contributed by atoms with Crippen LogP contribution in [0.15, 0.2) is 60.7 Å². The highest BCUT2D eigenvalue weighted by Crippen LogP contribution is 2.31. The predicted molar refractivity (Wildman–Crippen MR) is 235 cm³/mol. The molecule has 15 heteroatoms. The Hall–Kier alpha value is -5.44. The van der Waals surface area contributed by atoms with Crippen molar-refractivity contribution in [3.05, 3.63) is 71.8 Å². The molecule has 2 aliphatic rings. The Morgan fingerprint density at radius 3 is 1.94 bits per heavy atom. The highest BCUT2D eigenvalue weighted by atomic mass is 16.5. The molecule has 0 aromatic heterocycles. The van der Waals surface area contributed by atoms with Crippen LogP contribution in [0.1, 0.15) is 98.6 Å². The van der Waals surface area contributed by atoms with Crippen LogP contribution < -0.4 is 16.0 Å². The number of cyclic esters (lactones) is 1. The van der Waals surface area contributed by atoms with Crippen LogP contribution in [0.25, 0.3) is 0 Å². The second-order valence-electron chi connectivity index (χ2n) is 18.3. The maximum Gasteiger partial charge on any atom is 0.329 e. The minimum atomic E-state index is -1.36. The van der Waals surface area contributed by atoms with E-state index in [1.54, 1.807) is 82.3 Å². The normalized spacial score (nSPS) is 26.4. The van der Waals surface area contributed by atoms with Gasteiger partial charge in [-0.05, 0) is 62.5 Å². The summed E-state index contributed by atoms with van der Waals surface area (Å²) in [6.45, 7) is 13.4. The van der Waals surface area contributed by atoms with Crippen LogP contribution in [-0.4, -0.2) is 112 Å². The van der Waals surface area contributed by atoms with Crippen LogP contribution >= 0.6 is 0 Å². The average molecular weight is 874 g/mol. The zero-order chi connectivity index (χ0) is 46.7. The number of Topliss-reactive ketones (excluding diaryl/α,β-unsaturated/α-hetero) is 2. The minimum absolute atomic E-state index is 0.0257. The monoisotopic (exact) mass is 873 g/mol. The van der Waals surface area contributed by atoms with Gasteiger partial charge in [0.1, 0.15) is 30.5 Å². The molecular weight excluding hydrogens is 807 g/mol. The molecule has 2 aromatic rings. The third-order valence-electron chi connectivity index (χ3n) is 12.0. The number of nitrogens with zero attached hydrogens (tertiary/aromatic N) is 2. The van der Waals surface area contributed by atoms with Gasteiger partial charge in [0.05, 0.1) is 18.0 Å². The highest BCUT2D eigenvalue weighted by molar-refractivity contribution is 5.98. The Morgan fingerprint density at radius 1 is 0.794 bits per heavy atom. The van der Waals surface area contributed by atoms with Gasteiger partial charge in [0.25, 0.3) is 0 Å². The summed E-state index contributed by atoms with van der Waals surface area (Å²) in [4.78, 5) is 116. The van der Waals surface area contributed by atoms with Crippen molar-refractivity contribution < 1.29 is 48.2 Å². The lowest BCUT2D eigenvalue weighted by Gasteiger charge is -2.43. The standard InChI is InChI=1S/C48H67N5O10/c1-27(2)22-38-47(61)52(9)37(24-33-18-14-11-15-19-33)45(59)51-42(28(3)4)48(62)63-31(8)35(26-39(54)30(7)49-43(57)29(5)6)44(58)50-36(23-32-16-12-10-13-17-32)40(55)25-34-20-21-41(56)53(38)46(34)60/h10-19,27-31,34-38,41-42,56H,20-26H2,1-9H3,(H,49,57)(H,50,58)(H,51,59)/t30-,31+,34+,35-,36-,37-,38-,41+,42-/m0/s1. The lowest BCUT2D eigenvalue weighted by molar-refractivity contribution is -0.168. The first-order valence-corrected chi connectivity index (χ1v) is 22.2. The number of carbonyl (C=O) groups excluding carboxylic acids is 8. The molecule has 2 heterocycles. The summed E-state index contributed by atoms with van der Waals surface area (Å²) in [7, 11) is 1.45. The third-order valence-corrected chi connectivity index (χ3v) is 12.0. The Kier molecular flexibility index (Phi) is 18.1. The van der Waals surface area contributed by atoms with Crippen LogP contribution in [0, 0.1) is 29.6 Å². The van der Waals surface area contributed by atoms with Gasteiger partial charge in [0.2, 0.25) is 29.5 Å². The molecule has 63 heavy (non-hydrogen) atoms. The van der Waals surface area contributed by atoms with Crippen molar-refractivity contribution in [2.24, 2.45) is 29.6 Å². The van der Waals surface area contributed by atoms with Crippen LogP contribution in [0.2, 0.25) is 0 Å². The van der Waals surface area contributed by atoms with E-state index >= 15 is 0 Å². The molecule has 2 fully saturated rings. The molecule has 2 aliphatic heterocycles. The van der Waals surface area contributed by atoms with E-state index in [2.05, 4.69) is 16.0 Å². The summed E-state index contributed by atoms with van der Waals surface area (Å²) in [6.07, 6.45) is -3.05. The van der Waals surface area contributed by atoms with E-state index in [1.165, 1.54) is 25.8 Å². The van der Waals surface area contributed by atoms with Crippen LogP contribution in [0.3, 0.4) is 0 Å². The van der Waals surface area contributed by atoms with Crippen molar-refractivity contribution in [2.75, 3.05) is 7.05 Å². The summed E-state index contributed by atoms with van der Waals surface area (Å²) in [6, 6.07) is 12.0. The number of aliphatic hydroxyl groups excluding tert-OH is 1. The Labute approximate surface area is 371 Å². The number of fused-ring (bicyclic) bond motifs is 2. The predicted octanol–water partition coefficient (Wildman–Crippen LogP) is 3.54. The number of hydrogen-bond acceptors (Lipinski definition) is 10. The van der Waals surface area contributed by atoms with E-state index in [1.807, 2.05) is 19.9 Å². The molecule has 9 atom stereocenters. The molecule has 0 saturated carbocycles. The van der Waals surface area contributed by atoms with Gasteiger partial charge in [-0.1, -0.05) is 102 Å². The van der Waals surface area contributed by atoms with E-state index < -0.39 is 114 Å². The molecule has 4 rings (SSSR count). The first-order valence-electron chi connectivity index (χ1n) is 22.2. The molecular formula is C48H67N5O10. The van der Waals surface area contributed by atoms with E-state index in [9.17, 15) is 43.5 Å². The summed E-state index contributed by atoms with van der Waals surface area (Å²) in [5.74, 6) is -8.38. The van der Waals surface area contributed by atoms with Crippen LogP contribution in [0.4, 0.5) is 0 Å². The molecule has 2 saturated heterocycles. The van der Waals surface area contributed by atoms with Gasteiger partial charge in [0, 0.05) is 38.1 Å². The fraction of sp³-hybridized carbons (Fsp3) is 0.583. The zero-order valence-corrected chi connectivity index (χ0v) is 38.2. The molecule has 15 nitrogen and oxygen atoms in total. The molecule has 344 valence electrons. The quantitative estimate of drug-likeness (QED) is 0.228. The Bertz CT molecular complexity index is 1940. The first kappa shape index (κ1) is 50.2. The van der Waals surface area contributed by atoms with Crippen molar-refractivity contribution >= 4 is 47.1 Å². The molecule has 0 radical (unpaired) electrons. The van der Waals surface area contributed by atoms with Gasteiger partial charge in [-0.25, -0.2) is 4.79 Å². The van der Waals surface area contributed by atoms with E-state index in [0.29, 0.717) is 11.1 Å². The largest absolute Gasteiger partial charge is 0.460 e. The van der Waals surface area contributed by atoms with Gasteiger partial charge < -0.3 is 35.6 Å². The average Bonchev–Trinajstić information content (AvgIpc) is 3.23. The highest BCUT2D eigenvalue weighted by Gasteiger charge is 2.46. The molecule has 2 aromatic carbocycles. The molecule has 4 N–H and O–H groups in total. The number of rotatable bonds is 12. The van der Waals surface area contributed by atoms with Gasteiger partial charge >= 0.3 is 5.97 Å². The number of carbonyl (C=O) groups is 8. The fourth-order valence-electron chi connectivity index (χ4n) is 8.10. The van der Waals surface area contributed by atoms with Crippen molar-refractivity contribution in [3.8, 4) is 0 Å². The molecule has 0 aliphatic carbocycles. The molecule has 0 spiro atoms. The van der Waals surface area contributed by atoms with Crippen molar-refractivity contribution in [3.63, 3.8) is 0 Å². The number of hydrogen-bond donors (Lipinski definition) is 4. The summed E-state index contributed by atoms with van der Waals surface area (Å²) in [5.41, 5.74) is 1.41. The van der Waals surface area contributed by atoms with Gasteiger partial charge in [-0.15, -0.1) is 0 Å².